The van der Waals surface area contributed by atoms with Gasteiger partial charge < -0.3 is 81.7 Å². The maximum absolute atomic E-state index is 10.8. The fraction of sp³-hybridized carbons (Fsp3) is 1.00. The van der Waals surface area contributed by atoms with Crippen LogP contribution in [-0.4, -0.2) is 151 Å². The first-order chi connectivity index (χ1) is 16.4. The summed E-state index contributed by atoms with van der Waals surface area (Å²) in [5.41, 5.74) is 17.7. The molecule has 0 aromatic heterocycles. The molecule has 3 heterocycles. The third-order valence-corrected chi connectivity index (χ3v) is 7.31. The normalized spacial score (nSPS) is 53.5. The number of alkyl halides is 1. The van der Waals surface area contributed by atoms with Crippen LogP contribution in [0.3, 0.4) is 0 Å². The molecule has 0 aliphatic carbocycles. The van der Waals surface area contributed by atoms with Gasteiger partial charge in [-0.15, -0.1) is 0 Å². The van der Waals surface area contributed by atoms with E-state index in [2.05, 4.69) is 15.9 Å². The van der Waals surface area contributed by atoms with Crippen LogP contribution in [0, 0.1) is 0 Å². The van der Waals surface area contributed by atoms with Crippen molar-refractivity contribution < 1.29 is 64.5 Å². The number of nitrogens with two attached hydrogens (primary N) is 3. The predicted molar refractivity (Wildman–Crippen MR) is 115 cm³/mol. The Morgan fingerprint density at radius 3 is 1.74 bits per heavy atom. The second kappa shape index (κ2) is 11.7. The van der Waals surface area contributed by atoms with Gasteiger partial charge in [-0.3, -0.25) is 0 Å². The van der Waals surface area contributed by atoms with Crippen LogP contribution < -0.4 is 17.2 Å². The van der Waals surface area contributed by atoms with Crippen molar-refractivity contribution in [2.45, 2.75) is 90.3 Å². The molecule has 3 saturated heterocycles. The monoisotopic (exact) mass is 579 g/mol. The molecule has 0 aromatic rings. The van der Waals surface area contributed by atoms with Crippen molar-refractivity contribution in [3.63, 3.8) is 0 Å². The molecule has 0 aromatic carbocycles. The van der Waals surface area contributed by atoms with Crippen LogP contribution >= 0.6 is 15.9 Å². The van der Waals surface area contributed by atoms with Crippen molar-refractivity contribution in [1.29, 1.82) is 0 Å². The first-order valence-corrected chi connectivity index (χ1v) is 11.7. The van der Waals surface area contributed by atoms with Crippen molar-refractivity contribution in [3.8, 4) is 0 Å². The lowest BCUT2D eigenvalue weighted by Gasteiger charge is -2.49. The van der Waals surface area contributed by atoms with Crippen LogP contribution in [-0.2, 0) is 23.7 Å². The Morgan fingerprint density at radius 2 is 1.20 bits per heavy atom. The molecule has 35 heavy (non-hydrogen) atoms. The molecule has 3 aliphatic rings. The van der Waals surface area contributed by atoms with Gasteiger partial charge in [-0.05, 0) is 15.9 Å². The van der Waals surface area contributed by atoms with Crippen LogP contribution in [0.1, 0.15) is 0 Å². The summed E-state index contributed by atoms with van der Waals surface area (Å²) in [4.78, 5) is 0. The molecule has 0 spiro atoms. The number of aliphatic hydroxyl groups is 8. The smallest absolute Gasteiger partial charge is 0.177 e. The van der Waals surface area contributed by atoms with E-state index in [1.807, 2.05) is 0 Å². The Balaban J connectivity index is 1.74. The topological polar surface area (TPSA) is 286 Å². The number of hydrogen-bond donors (Lipinski definition) is 11. The van der Waals surface area contributed by atoms with Crippen LogP contribution in [0.5, 0.6) is 0 Å². The molecular weight excluding hydrogens is 546 g/mol. The van der Waals surface area contributed by atoms with E-state index in [1.54, 1.807) is 0 Å². The molecule has 14 N–H and O–H groups in total. The minimum atomic E-state index is -1.82. The van der Waals surface area contributed by atoms with Crippen molar-refractivity contribution >= 4 is 15.9 Å². The van der Waals surface area contributed by atoms with Crippen molar-refractivity contribution in [2.75, 3.05) is 19.8 Å². The zero-order valence-corrected chi connectivity index (χ0v) is 20.0. The molecule has 16 nitrogen and oxygen atoms in total. The van der Waals surface area contributed by atoms with Gasteiger partial charge in [-0.2, -0.15) is 0 Å². The van der Waals surface area contributed by atoms with E-state index in [9.17, 15) is 40.9 Å². The highest BCUT2D eigenvalue weighted by Crippen LogP contribution is 2.36. The van der Waals surface area contributed by atoms with Gasteiger partial charge in [-0.25, -0.2) is 0 Å². The minimum Gasteiger partial charge on any atom is -0.394 e. The number of aliphatic hydroxyl groups excluding tert-OH is 8. The third kappa shape index (κ3) is 5.66. The molecule has 15 atom stereocenters. The summed E-state index contributed by atoms with van der Waals surface area (Å²) in [6.07, 6.45) is -16.0. The van der Waals surface area contributed by atoms with Crippen molar-refractivity contribution in [2.24, 2.45) is 17.2 Å². The second-order valence-corrected chi connectivity index (χ2v) is 10.1. The SMILES string of the molecule is N[C@H]1[C@@H](OC2[C@@H](CO)O[C@@H](OC3[C@@H](CO)O[C@@H](O)[C@H](N)[C@H]3O)[C@H](N)[C@H]2O)O[C@@](Br)(CO)[C@@H](O)[C@@H]1O. The molecule has 3 rings (SSSR count). The summed E-state index contributed by atoms with van der Waals surface area (Å²) in [5.74, 6) is 0. The predicted octanol–water partition coefficient (Wildman–Crippen LogP) is -6.95. The van der Waals surface area contributed by atoms with E-state index >= 15 is 0 Å². The number of hydrogen-bond acceptors (Lipinski definition) is 16. The molecule has 0 radical (unpaired) electrons. The van der Waals surface area contributed by atoms with Gasteiger partial charge in [0.15, 0.2) is 23.4 Å². The molecule has 3 fully saturated rings. The van der Waals surface area contributed by atoms with Crippen LogP contribution in [0.15, 0.2) is 0 Å². The molecule has 17 heteroatoms. The second-order valence-electron chi connectivity index (χ2n) is 8.75. The first-order valence-electron chi connectivity index (χ1n) is 10.9. The zero-order chi connectivity index (χ0) is 26.2. The van der Waals surface area contributed by atoms with E-state index in [4.69, 9.17) is 40.9 Å². The molecular formula is C18H34BrN3O13. The van der Waals surface area contributed by atoms with Gasteiger partial charge in [0.1, 0.15) is 48.8 Å². The van der Waals surface area contributed by atoms with Gasteiger partial charge in [0.2, 0.25) is 0 Å². The Labute approximate surface area is 208 Å². The maximum Gasteiger partial charge on any atom is 0.177 e. The molecule has 2 unspecified atom stereocenters. The Morgan fingerprint density at radius 1 is 0.714 bits per heavy atom. The molecule has 0 saturated carbocycles. The number of rotatable bonds is 7. The fourth-order valence-corrected chi connectivity index (χ4v) is 4.63. The summed E-state index contributed by atoms with van der Waals surface area (Å²) in [5, 5.41) is 80.3. The minimum absolute atomic E-state index is 0.657. The molecule has 3 aliphatic heterocycles. The van der Waals surface area contributed by atoms with Gasteiger partial charge in [0.05, 0.1) is 37.9 Å². The Kier molecular flexibility index (Phi) is 9.83. The third-order valence-electron chi connectivity index (χ3n) is 6.41. The summed E-state index contributed by atoms with van der Waals surface area (Å²) in [6, 6.07) is -3.95. The van der Waals surface area contributed by atoms with Crippen LogP contribution in [0.4, 0.5) is 0 Å². The maximum atomic E-state index is 10.8. The van der Waals surface area contributed by atoms with Crippen molar-refractivity contribution in [3.05, 3.63) is 0 Å². The van der Waals surface area contributed by atoms with Crippen LogP contribution in [0.25, 0.3) is 0 Å². The fourth-order valence-electron chi connectivity index (χ4n) is 4.18. The average Bonchev–Trinajstić information content (AvgIpc) is 2.85. The highest BCUT2D eigenvalue weighted by atomic mass is 79.9. The van der Waals surface area contributed by atoms with E-state index in [-0.39, 0.29) is 0 Å². The Hall–Kier alpha value is -0.160. The largest absolute Gasteiger partial charge is 0.394 e. The molecule has 0 bridgehead atoms. The summed E-state index contributed by atoms with van der Waals surface area (Å²) in [7, 11) is 0. The van der Waals surface area contributed by atoms with Crippen LogP contribution in [0.2, 0.25) is 0 Å². The van der Waals surface area contributed by atoms with Gasteiger partial charge >= 0.3 is 0 Å². The summed E-state index contributed by atoms with van der Waals surface area (Å²) in [6.45, 7) is -2.14. The summed E-state index contributed by atoms with van der Waals surface area (Å²) < 4.78 is 25.8. The number of halogens is 1. The lowest BCUT2D eigenvalue weighted by Crippen LogP contribution is -2.70. The van der Waals surface area contributed by atoms with E-state index in [0.717, 1.165) is 0 Å². The quantitative estimate of drug-likeness (QED) is 0.125. The van der Waals surface area contributed by atoms with E-state index in [0.29, 0.717) is 0 Å². The van der Waals surface area contributed by atoms with Crippen molar-refractivity contribution in [1.82, 2.24) is 0 Å². The zero-order valence-electron chi connectivity index (χ0n) is 18.4. The van der Waals surface area contributed by atoms with Gasteiger partial charge in [-0.1, -0.05) is 0 Å². The molecule has 206 valence electrons. The van der Waals surface area contributed by atoms with Gasteiger partial charge in [0, 0.05) is 0 Å². The lowest BCUT2D eigenvalue weighted by molar-refractivity contribution is -0.350. The lowest BCUT2D eigenvalue weighted by atomic mass is 9.94. The van der Waals surface area contributed by atoms with E-state index < -0.39 is 110 Å². The average molecular weight is 580 g/mol. The molecule has 0 amide bonds. The first kappa shape index (κ1) is 29.4. The highest BCUT2D eigenvalue weighted by molar-refractivity contribution is 9.10. The Bertz CT molecular complexity index is 698. The highest BCUT2D eigenvalue weighted by Gasteiger charge is 2.55. The standard InChI is InChI=1S/C18H34BrN3O13/c19-18(3-25)14(29)11(28)8(22)17(35-18)34-13-5(2-24)32-16(7(21)10(13)27)33-12-4(1-23)31-15(30)6(20)9(12)26/h4-17,23-30H,1-3,20-22H2/t4-,5-,6-,7-,8-,9-,10-,11-,12?,13?,14+,15-,16+,17+,18+/m1/s1. The summed E-state index contributed by atoms with van der Waals surface area (Å²) >= 11 is 2.99. The van der Waals surface area contributed by atoms with E-state index in [1.165, 1.54) is 0 Å². The number of ether oxygens (including phenoxy) is 5. The van der Waals surface area contributed by atoms with Gasteiger partial charge in [0.25, 0.3) is 0 Å².